The summed E-state index contributed by atoms with van der Waals surface area (Å²) in [6.45, 7) is 2.70. The van der Waals surface area contributed by atoms with E-state index < -0.39 is 5.97 Å². The minimum atomic E-state index is -0.967. The average molecular weight is 236 g/mol. The maximum absolute atomic E-state index is 10.9. The van der Waals surface area contributed by atoms with Gasteiger partial charge in [0.15, 0.2) is 0 Å². The zero-order valence-corrected chi connectivity index (χ0v) is 9.85. The molecule has 0 spiro atoms. The van der Waals surface area contributed by atoms with E-state index in [-0.39, 0.29) is 11.7 Å². The molecule has 2 heterocycles. The van der Waals surface area contributed by atoms with Crippen LogP contribution in [0.3, 0.4) is 0 Å². The van der Waals surface area contributed by atoms with Crippen molar-refractivity contribution >= 4 is 5.97 Å². The van der Waals surface area contributed by atoms with Crippen molar-refractivity contribution in [3.63, 3.8) is 0 Å². The number of hydrogen-bond acceptors (Lipinski definition) is 4. The highest BCUT2D eigenvalue weighted by Gasteiger charge is 2.19. The van der Waals surface area contributed by atoms with Crippen molar-refractivity contribution in [3.8, 4) is 0 Å². The molecule has 17 heavy (non-hydrogen) atoms. The van der Waals surface area contributed by atoms with Crippen molar-refractivity contribution in [2.24, 2.45) is 0 Å². The normalized spacial score (nSPS) is 19.5. The lowest BCUT2D eigenvalue weighted by Gasteiger charge is -2.09. The van der Waals surface area contributed by atoms with Crippen LogP contribution < -0.4 is 0 Å². The third-order valence-electron chi connectivity index (χ3n) is 2.92. The first-order chi connectivity index (χ1) is 8.20. The average Bonchev–Trinajstić information content (AvgIpc) is 2.81. The summed E-state index contributed by atoms with van der Waals surface area (Å²) < 4.78 is 5.51. The Kier molecular flexibility index (Phi) is 3.68. The Morgan fingerprint density at radius 3 is 3.06 bits per heavy atom. The molecule has 0 radical (unpaired) electrons. The molecular weight excluding hydrogens is 220 g/mol. The van der Waals surface area contributed by atoms with E-state index >= 15 is 0 Å². The highest BCUT2D eigenvalue weighted by Crippen LogP contribution is 2.16. The van der Waals surface area contributed by atoms with E-state index in [2.05, 4.69) is 9.97 Å². The van der Waals surface area contributed by atoms with Crippen LogP contribution in [0, 0.1) is 0 Å². The molecule has 0 bridgehead atoms. The smallest absolute Gasteiger partial charge is 0.339 e. The van der Waals surface area contributed by atoms with Gasteiger partial charge in [0.2, 0.25) is 0 Å². The van der Waals surface area contributed by atoms with Crippen molar-refractivity contribution in [2.45, 2.75) is 38.7 Å². The van der Waals surface area contributed by atoms with Gasteiger partial charge in [0, 0.05) is 19.2 Å². The molecule has 0 saturated carbocycles. The number of aromatic nitrogens is 2. The van der Waals surface area contributed by atoms with Gasteiger partial charge in [-0.15, -0.1) is 0 Å². The van der Waals surface area contributed by atoms with E-state index in [0.29, 0.717) is 24.4 Å². The van der Waals surface area contributed by atoms with Gasteiger partial charge in [0.1, 0.15) is 5.82 Å². The van der Waals surface area contributed by atoms with E-state index in [1.165, 1.54) is 6.20 Å². The minimum absolute atomic E-state index is 0.190. The summed E-state index contributed by atoms with van der Waals surface area (Å²) in [5.41, 5.74) is 0.795. The van der Waals surface area contributed by atoms with Crippen molar-refractivity contribution in [2.75, 3.05) is 6.61 Å². The minimum Gasteiger partial charge on any atom is -0.478 e. The Balaban J connectivity index is 2.15. The van der Waals surface area contributed by atoms with Gasteiger partial charge >= 0.3 is 5.97 Å². The second kappa shape index (κ2) is 5.23. The molecule has 1 unspecified atom stereocenters. The number of aromatic carboxylic acids is 1. The molecule has 1 aromatic rings. The number of carboxylic acids is 1. The molecule has 0 amide bonds. The van der Waals surface area contributed by atoms with Crippen LogP contribution in [0.2, 0.25) is 0 Å². The molecule has 0 aromatic carbocycles. The maximum atomic E-state index is 10.9. The maximum Gasteiger partial charge on any atom is 0.339 e. The Labute approximate surface area is 99.9 Å². The zero-order chi connectivity index (χ0) is 12.3. The van der Waals surface area contributed by atoms with Crippen LogP contribution in [0.4, 0.5) is 0 Å². The highest BCUT2D eigenvalue weighted by atomic mass is 16.5. The summed E-state index contributed by atoms with van der Waals surface area (Å²) in [4.78, 5) is 19.3. The molecule has 0 aliphatic carbocycles. The Bertz CT molecular complexity index is 414. The largest absolute Gasteiger partial charge is 0.478 e. The first-order valence-corrected chi connectivity index (χ1v) is 5.90. The molecular formula is C12H16N2O3. The number of rotatable bonds is 4. The van der Waals surface area contributed by atoms with E-state index in [0.717, 1.165) is 19.4 Å². The first-order valence-electron chi connectivity index (χ1n) is 5.90. The number of aryl methyl sites for hydroxylation is 1. The van der Waals surface area contributed by atoms with Crippen LogP contribution in [0.1, 0.15) is 41.6 Å². The number of nitrogens with zero attached hydrogens (tertiary/aromatic N) is 2. The van der Waals surface area contributed by atoms with E-state index in [1.807, 2.05) is 6.92 Å². The van der Waals surface area contributed by atoms with Crippen LogP contribution in [0.15, 0.2) is 6.20 Å². The Hall–Kier alpha value is -1.49. The molecule has 2 rings (SSSR count). The lowest BCUT2D eigenvalue weighted by Crippen LogP contribution is -2.14. The van der Waals surface area contributed by atoms with Crippen LogP contribution in [0.5, 0.6) is 0 Å². The lowest BCUT2D eigenvalue weighted by molar-refractivity contribution is 0.0694. The monoisotopic (exact) mass is 236 g/mol. The van der Waals surface area contributed by atoms with Gasteiger partial charge in [-0.25, -0.2) is 14.8 Å². The summed E-state index contributed by atoms with van der Waals surface area (Å²) in [7, 11) is 0. The van der Waals surface area contributed by atoms with E-state index in [1.54, 1.807) is 0 Å². The van der Waals surface area contributed by atoms with Crippen LogP contribution in [-0.4, -0.2) is 33.8 Å². The quantitative estimate of drug-likeness (QED) is 0.856. The Morgan fingerprint density at radius 1 is 1.65 bits per heavy atom. The molecule has 1 N–H and O–H groups in total. The predicted octanol–water partition coefficient (Wildman–Crippen LogP) is 1.46. The summed E-state index contributed by atoms with van der Waals surface area (Å²) in [6, 6.07) is 0. The van der Waals surface area contributed by atoms with Crippen LogP contribution in [0.25, 0.3) is 0 Å². The molecule has 92 valence electrons. The number of carboxylic acid groups (broad SMARTS) is 1. The van der Waals surface area contributed by atoms with Gasteiger partial charge in [0.25, 0.3) is 0 Å². The van der Waals surface area contributed by atoms with Gasteiger partial charge in [-0.2, -0.15) is 0 Å². The SMILES string of the molecule is CCc1nc(CC2CCCO2)ncc1C(=O)O. The third kappa shape index (κ3) is 2.79. The number of ether oxygens (including phenoxy) is 1. The second-order valence-corrected chi connectivity index (χ2v) is 4.14. The predicted molar refractivity (Wildman–Crippen MR) is 61.0 cm³/mol. The molecule has 1 fully saturated rings. The molecule has 1 aliphatic heterocycles. The highest BCUT2D eigenvalue weighted by molar-refractivity contribution is 5.88. The van der Waals surface area contributed by atoms with Crippen LogP contribution >= 0.6 is 0 Å². The van der Waals surface area contributed by atoms with Gasteiger partial charge in [-0.1, -0.05) is 6.92 Å². The molecule has 1 saturated heterocycles. The van der Waals surface area contributed by atoms with E-state index in [4.69, 9.17) is 9.84 Å². The van der Waals surface area contributed by atoms with Gasteiger partial charge < -0.3 is 9.84 Å². The van der Waals surface area contributed by atoms with E-state index in [9.17, 15) is 4.79 Å². The fourth-order valence-electron chi connectivity index (χ4n) is 2.01. The Morgan fingerprint density at radius 2 is 2.47 bits per heavy atom. The molecule has 5 heteroatoms. The third-order valence-corrected chi connectivity index (χ3v) is 2.92. The molecule has 1 aromatic heterocycles. The summed E-state index contributed by atoms with van der Waals surface area (Å²) in [6.07, 6.45) is 4.98. The number of hydrogen-bond donors (Lipinski definition) is 1. The summed E-state index contributed by atoms with van der Waals surface area (Å²) >= 11 is 0. The first kappa shape index (κ1) is 12.0. The van der Waals surface area contributed by atoms with Crippen molar-refractivity contribution in [1.29, 1.82) is 0 Å². The molecule has 1 aliphatic rings. The number of carbonyl (C=O) groups is 1. The fraction of sp³-hybridized carbons (Fsp3) is 0.583. The zero-order valence-electron chi connectivity index (χ0n) is 9.85. The molecule has 5 nitrogen and oxygen atoms in total. The fourth-order valence-corrected chi connectivity index (χ4v) is 2.01. The topological polar surface area (TPSA) is 72.3 Å². The van der Waals surface area contributed by atoms with Crippen molar-refractivity contribution < 1.29 is 14.6 Å². The summed E-state index contributed by atoms with van der Waals surface area (Å²) in [5, 5.41) is 8.97. The lowest BCUT2D eigenvalue weighted by atomic mass is 10.1. The standard InChI is InChI=1S/C12H16N2O3/c1-2-10-9(12(15)16)7-13-11(14-10)6-8-4-3-5-17-8/h7-8H,2-6H2,1H3,(H,15,16). The molecule has 1 atom stereocenters. The summed E-state index contributed by atoms with van der Waals surface area (Å²) in [5.74, 6) is -0.288. The van der Waals surface area contributed by atoms with Gasteiger partial charge in [0.05, 0.1) is 17.4 Å². The van der Waals surface area contributed by atoms with Gasteiger partial charge in [-0.05, 0) is 19.3 Å². The van der Waals surface area contributed by atoms with Crippen LogP contribution in [-0.2, 0) is 17.6 Å². The van der Waals surface area contributed by atoms with Crippen molar-refractivity contribution in [3.05, 3.63) is 23.3 Å². The van der Waals surface area contributed by atoms with Gasteiger partial charge in [-0.3, -0.25) is 0 Å². The van der Waals surface area contributed by atoms with Crippen molar-refractivity contribution in [1.82, 2.24) is 9.97 Å². The second-order valence-electron chi connectivity index (χ2n) is 4.14.